The predicted octanol–water partition coefficient (Wildman–Crippen LogP) is 1.12. The smallest absolute Gasteiger partial charge is 0.274 e. The second kappa shape index (κ2) is 6.44. The van der Waals surface area contributed by atoms with Gasteiger partial charge in [0.15, 0.2) is 0 Å². The first kappa shape index (κ1) is 13.7. The maximum Gasteiger partial charge on any atom is 0.274 e. The van der Waals surface area contributed by atoms with Gasteiger partial charge in [-0.2, -0.15) is 0 Å². The van der Waals surface area contributed by atoms with E-state index in [2.05, 4.69) is 15.2 Å². The lowest BCUT2D eigenvalue weighted by Gasteiger charge is -2.29. The lowest BCUT2D eigenvalue weighted by molar-refractivity contribution is -0.384. The summed E-state index contributed by atoms with van der Waals surface area (Å²) in [6.45, 7) is 6.29. The molecule has 1 aromatic rings. The summed E-state index contributed by atoms with van der Waals surface area (Å²) in [4.78, 5) is 16.7. The molecule has 104 valence electrons. The summed E-state index contributed by atoms with van der Waals surface area (Å²) in [5.74, 6) is 0.537. The highest BCUT2D eigenvalue weighted by Gasteiger charge is 2.14. The van der Waals surface area contributed by atoms with Gasteiger partial charge in [-0.25, -0.2) is 4.98 Å². The van der Waals surface area contributed by atoms with E-state index < -0.39 is 4.92 Å². The number of rotatable bonds is 5. The van der Waals surface area contributed by atoms with Crippen LogP contribution in [-0.4, -0.2) is 53.7 Å². The van der Waals surface area contributed by atoms with E-state index in [1.807, 2.05) is 6.92 Å². The van der Waals surface area contributed by atoms with Crippen molar-refractivity contribution >= 4 is 11.5 Å². The van der Waals surface area contributed by atoms with Crippen LogP contribution in [0.3, 0.4) is 0 Å². The van der Waals surface area contributed by atoms with Crippen LogP contribution in [0.2, 0.25) is 0 Å². The van der Waals surface area contributed by atoms with Gasteiger partial charge in [-0.05, 0) is 6.92 Å². The van der Waals surface area contributed by atoms with Crippen molar-refractivity contribution in [1.82, 2.24) is 9.88 Å². The van der Waals surface area contributed by atoms with Gasteiger partial charge in [-0.1, -0.05) is 0 Å². The van der Waals surface area contributed by atoms with Gasteiger partial charge >= 0.3 is 0 Å². The van der Waals surface area contributed by atoms with Gasteiger partial charge in [-0.15, -0.1) is 0 Å². The molecule has 1 atom stereocenters. The molecular formula is C12H18N4O3. The number of morpholine rings is 1. The monoisotopic (exact) mass is 266 g/mol. The summed E-state index contributed by atoms with van der Waals surface area (Å²) in [7, 11) is 0. The molecule has 1 unspecified atom stereocenters. The van der Waals surface area contributed by atoms with Gasteiger partial charge in [0.2, 0.25) is 0 Å². The van der Waals surface area contributed by atoms with Crippen LogP contribution in [0.1, 0.15) is 6.92 Å². The summed E-state index contributed by atoms with van der Waals surface area (Å²) < 4.78 is 5.29. The first-order valence-corrected chi connectivity index (χ1v) is 6.32. The third-order valence-electron chi connectivity index (χ3n) is 2.98. The van der Waals surface area contributed by atoms with Crippen molar-refractivity contribution in [3.63, 3.8) is 0 Å². The normalized spacial score (nSPS) is 17.9. The van der Waals surface area contributed by atoms with Crippen molar-refractivity contribution < 1.29 is 9.66 Å². The van der Waals surface area contributed by atoms with Gasteiger partial charge in [-0.3, -0.25) is 15.0 Å². The topological polar surface area (TPSA) is 80.5 Å². The molecule has 1 aromatic heterocycles. The summed E-state index contributed by atoms with van der Waals surface area (Å²) in [6.07, 6.45) is 1.45. The first-order valence-electron chi connectivity index (χ1n) is 6.32. The molecule has 0 bridgehead atoms. The molecule has 0 saturated carbocycles. The van der Waals surface area contributed by atoms with Crippen LogP contribution < -0.4 is 5.32 Å². The summed E-state index contributed by atoms with van der Waals surface area (Å²) in [6, 6.07) is 3.01. The van der Waals surface area contributed by atoms with E-state index in [0.29, 0.717) is 5.82 Å². The molecule has 7 nitrogen and oxygen atoms in total. The number of ether oxygens (including phenoxy) is 1. The Labute approximate surface area is 111 Å². The number of hydrogen-bond donors (Lipinski definition) is 1. The Balaban J connectivity index is 1.88. The number of nitrogens with zero attached hydrogens (tertiary/aromatic N) is 3. The molecule has 1 aliphatic heterocycles. The van der Waals surface area contributed by atoms with Crippen LogP contribution in [0.4, 0.5) is 11.5 Å². The Morgan fingerprint density at radius 3 is 3.00 bits per heavy atom. The van der Waals surface area contributed by atoms with Crippen molar-refractivity contribution in [1.29, 1.82) is 0 Å². The Morgan fingerprint density at radius 1 is 1.58 bits per heavy atom. The van der Waals surface area contributed by atoms with Crippen LogP contribution in [-0.2, 0) is 4.74 Å². The lowest BCUT2D eigenvalue weighted by Crippen LogP contribution is -2.42. The highest BCUT2D eigenvalue weighted by atomic mass is 16.6. The molecular weight excluding hydrogens is 248 g/mol. The van der Waals surface area contributed by atoms with Crippen LogP contribution in [0.25, 0.3) is 0 Å². The summed E-state index contributed by atoms with van der Waals surface area (Å²) in [5.41, 5.74) is 0.0519. The standard InChI is InChI=1S/C12H18N4O3/c1-10(9-15-4-6-19-7-5-15)14-12-8-11(16(17)18)2-3-13-12/h2-3,8,10H,4-7,9H2,1H3,(H,13,14). The minimum Gasteiger partial charge on any atom is -0.379 e. The van der Waals surface area contributed by atoms with Crippen LogP contribution in [0, 0.1) is 10.1 Å². The summed E-state index contributed by atoms with van der Waals surface area (Å²) in [5, 5.41) is 13.9. The number of pyridine rings is 1. The molecule has 0 aromatic carbocycles. The molecule has 0 amide bonds. The average molecular weight is 266 g/mol. The first-order chi connectivity index (χ1) is 9.15. The van der Waals surface area contributed by atoms with Gasteiger partial charge in [0.25, 0.3) is 5.69 Å². The zero-order chi connectivity index (χ0) is 13.7. The fourth-order valence-electron chi connectivity index (χ4n) is 2.08. The molecule has 7 heteroatoms. The second-order valence-electron chi connectivity index (χ2n) is 4.61. The predicted molar refractivity (Wildman–Crippen MR) is 71.2 cm³/mol. The molecule has 19 heavy (non-hydrogen) atoms. The molecule has 0 aliphatic carbocycles. The van der Waals surface area contributed by atoms with Crippen LogP contribution >= 0.6 is 0 Å². The van der Waals surface area contributed by atoms with Crippen LogP contribution in [0.5, 0.6) is 0 Å². The van der Waals surface area contributed by atoms with E-state index in [1.165, 1.54) is 18.3 Å². The zero-order valence-electron chi connectivity index (χ0n) is 10.9. The van der Waals surface area contributed by atoms with Crippen molar-refractivity contribution in [2.24, 2.45) is 0 Å². The largest absolute Gasteiger partial charge is 0.379 e. The zero-order valence-corrected chi connectivity index (χ0v) is 10.9. The SMILES string of the molecule is CC(CN1CCOCC1)Nc1cc([N+](=O)[O-])ccn1. The van der Waals surface area contributed by atoms with Gasteiger partial charge in [0.05, 0.1) is 24.2 Å². The van der Waals surface area contributed by atoms with E-state index in [4.69, 9.17) is 4.74 Å². The fourth-order valence-corrected chi connectivity index (χ4v) is 2.08. The molecule has 0 spiro atoms. The maximum atomic E-state index is 10.7. The number of aromatic nitrogens is 1. The molecule has 2 rings (SSSR count). The third kappa shape index (κ3) is 4.15. The fraction of sp³-hybridized carbons (Fsp3) is 0.583. The number of anilines is 1. The third-order valence-corrected chi connectivity index (χ3v) is 2.98. The van der Waals surface area contributed by atoms with Crippen molar-refractivity contribution in [3.05, 3.63) is 28.4 Å². The van der Waals surface area contributed by atoms with E-state index >= 15 is 0 Å². The van der Waals surface area contributed by atoms with E-state index in [1.54, 1.807) is 0 Å². The summed E-state index contributed by atoms with van der Waals surface area (Å²) >= 11 is 0. The van der Waals surface area contributed by atoms with Gasteiger partial charge in [0, 0.05) is 37.9 Å². The minimum absolute atomic E-state index is 0.0519. The Morgan fingerprint density at radius 2 is 2.32 bits per heavy atom. The van der Waals surface area contributed by atoms with Gasteiger partial charge < -0.3 is 10.1 Å². The van der Waals surface area contributed by atoms with E-state index in [9.17, 15) is 10.1 Å². The Hall–Kier alpha value is -1.73. The van der Waals surface area contributed by atoms with Crippen molar-refractivity contribution in [3.8, 4) is 0 Å². The molecule has 1 N–H and O–H groups in total. The second-order valence-corrected chi connectivity index (χ2v) is 4.61. The van der Waals surface area contributed by atoms with Gasteiger partial charge in [0.1, 0.15) is 5.82 Å². The van der Waals surface area contributed by atoms with E-state index in [-0.39, 0.29) is 11.7 Å². The maximum absolute atomic E-state index is 10.7. The molecule has 1 aliphatic rings. The highest BCUT2D eigenvalue weighted by Crippen LogP contribution is 2.15. The van der Waals surface area contributed by atoms with Crippen molar-refractivity contribution in [2.75, 3.05) is 38.2 Å². The molecule has 2 heterocycles. The van der Waals surface area contributed by atoms with Crippen LogP contribution in [0.15, 0.2) is 18.3 Å². The molecule has 1 fully saturated rings. The Kier molecular flexibility index (Phi) is 4.64. The van der Waals surface area contributed by atoms with E-state index in [0.717, 1.165) is 32.8 Å². The number of nitrogens with one attached hydrogen (secondary N) is 1. The number of nitro groups is 1. The van der Waals surface area contributed by atoms with Crippen molar-refractivity contribution in [2.45, 2.75) is 13.0 Å². The minimum atomic E-state index is -0.417. The highest BCUT2D eigenvalue weighted by molar-refractivity contribution is 5.44. The Bertz CT molecular complexity index is 435. The molecule has 1 saturated heterocycles. The average Bonchev–Trinajstić information content (AvgIpc) is 2.40. The number of hydrogen-bond acceptors (Lipinski definition) is 6. The quantitative estimate of drug-likeness (QED) is 0.635. The lowest BCUT2D eigenvalue weighted by atomic mass is 10.2. The molecule has 0 radical (unpaired) electrons.